The van der Waals surface area contributed by atoms with E-state index < -0.39 is 0 Å². The minimum Gasteiger partial charge on any atom is -0.487 e. The molecule has 20 heavy (non-hydrogen) atoms. The van der Waals surface area contributed by atoms with Crippen molar-refractivity contribution in [3.63, 3.8) is 0 Å². The van der Waals surface area contributed by atoms with E-state index in [4.69, 9.17) is 10.5 Å². The van der Waals surface area contributed by atoms with Crippen molar-refractivity contribution in [1.29, 1.82) is 0 Å². The minimum atomic E-state index is -0.0372. The average Bonchev–Trinajstić information content (AvgIpc) is 2.43. The van der Waals surface area contributed by atoms with Gasteiger partial charge >= 0.3 is 0 Å². The summed E-state index contributed by atoms with van der Waals surface area (Å²) in [7, 11) is 0. The minimum absolute atomic E-state index is 0.0372. The first-order chi connectivity index (χ1) is 9.62. The van der Waals surface area contributed by atoms with Crippen molar-refractivity contribution < 1.29 is 4.74 Å². The van der Waals surface area contributed by atoms with Crippen LogP contribution in [0.4, 0.5) is 0 Å². The van der Waals surface area contributed by atoms with Crippen molar-refractivity contribution in [1.82, 2.24) is 4.90 Å². The van der Waals surface area contributed by atoms with Crippen LogP contribution in [-0.4, -0.2) is 30.1 Å². The largest absolute Gasteiger partial charge is 0.487 e. The van der Waals surface area contributed by atoms with Crippen LogP contribution in [0.3, 0.4) is 0 Å². The number of piperidine rings is 1. The van der Waals surface area contributed by atoms with Crippen LogP contribution in [0.15, 0.2) is 22.7 Å². The summed E-state index contributed by atoms with van der Waals surface area (Å²) in [6.45, 7) is 5.70. The number of ether oxygens (including phenoxy) is 1. The molecule has 1 atom stereocenters. The molecule has 2 heterocycles. The van der Waals surface area contributed by atoms with Crippen LogP contribution in [-0.2, 0) is 0 Å². The molecule has 1 saturated heterocycles. The Morgan fingerprint density at radius 3 is 2.85 bits per heavy atom. The highest BCUT2D eigenvalue weighted by molar-refractivity contribution is 9.10. The van der Waals surface area contributed by atoms with Crippen LogP contribution >= 0.6 is 15.9 Å². The normalized spacial score (nSPS) is 25.2. The molecule has 3 nitrogen and oxygen atoms in total. The summed E-state index contributed by atoms with van der Waals surface area (Å²) >= 11 is 3.51. The van der Waals surface area contributed by atoms with Crippen molar-refractivity contribution in [2.75, 3.05) is 19.6 Å². The van der Waals surface area contributed by atoms with Crippen LogP contribution in [0.5, 0.6) is 5.75 Å². The van der Waals surface area contributed by atoms with E-state index >= 15 is 0 Å². The second-order valence-corrected chi connectivity index (χ2v) is 7.04. The first kappa shape index (κ1) is 14.4. The number of hydrogen-bond acceptors (Lipinski definition) is 3. The van der Waals surface area contributed by atoms with Crippen LogP contribution in [0.25, 0.3) is 0 Å². The van der Waals surface area contributed by atoms with Gasteiger partial charge in [0.15, 0.2) is 0 Å². The number of nitrogens with zero attached hydrogens (tertiary/aromatic N) is 1. The summed E-state index contributed by atoms with van der Waals surface area (Å²) < 4.78 is 7.46. The van der Waals surface area contributed by atoms with E-state index in [0.717, 1.165) is 48.1 Å². The Hall–Kier alpha value is -0.580. The Balaban J connectivity index is 1.76. The standard InChI is InChI=1S/C16H23BrN2O/c1-2-7-19-8-5-16(6-9-19)11-14(18)13-10-12(17)3-4-15(13)20-16/h3-4,10,14H,2,5-9,11,18H2,1H3/t14-/m1/s1. The molecule has 1 spiro atoms. The number of hydrogen-bond donors (Lipinski definition) is 1. The zero-order valence-corrected chi connectivity index (χ0v) is 13.7. The summed E-state index contributed by atoms with van der Waals surface area (Å²) in [6, 6.07) is 6.28. The number of benzene rings is 1. The van der Waals surface area contributed by atoms with Gasteiger partial charge in [-0.1, -0.05) is 22.9 Å². The fourth-order valence-electron chi connectivity index (χ4n) is 3.49. The molecular formula is C16H23BrN2O. The highest BCUT2D eigenvalue weighted by Crippen LogP contribution is 2.44. The van der Waals surface area contributed by atoms with E-state index in [2.05, 4.69) is 39.9 Å². The van der Waals surface area contributed by atoms with Gasteiger partial charge < -0.3 is 15.4 Å². The summed E-state index contributed by atoms with van der Waals surface area (Å²) in [4.78, 5) is 2.54. The number of rotatable bonds is 2. The van der Waals surface area contributed by atoms with Gasteiger partial charge in [0.1, 0.15) is 11.4 Å². The molecule has 1 aromatic carbocycles. The van der Waals surface area contributed by atoms with E-state index in [9.17, 15) is 0 Å². The number of nitrogens with two attached hydrogens (primary N) is 1. The van der Waals surface area contributed by atoms with E-state index in [1.165, 1.54) is 13.0 Å². The number of halogens is 1. The quantitative estimate of drug-likeness (QED) is 0.897. The predicted octanol–water partition coefficient (Wildman–Crippen LogP) is 3.48. The molecule has 2 aliphatic heterocycles. The van der Waals surface area contributed by atoms with E-state index in [1.807, 2.05) is 6.07 Å². The molecule has 3 rings (SSSR count). The highest BCUT2D eigenvalue weighted by atomic mass is 79.9. The average molecular weight is 339 g/mol. The Labute approximate surface area is 129 Å². The van der Waals surface area contributed by atoms with Gasteiger partial charge in [0, 0.05) is 35.6 Å². The Kier molecular flexibility index (Phi) is 4.07. The monoisotopic (exact) mass is 338 g/mol. The predicted molar refractivity (Wildman–Crippen MR) is 85.0 cm³/mol. The first-order valence-electron chi connectivity index (χ1n) is 7.58. The molecule has 0 aliphatic carbocycles. The lowest BCUT2D eigenvalue weighted by molar-refractivity contribution is -0.0216. The smallest absolute Gasteiger partial charge is 0.124 e. The van der Waals surface area contributed by atoms with E-state index in [1.54, 1.807) is 0 Å². The van der Waals surface area contributed by atoms with Crippen molar-refractivity contribution in [3.05, 3.63) is 28.2 Å². The Bertz CT molecular complexity index is 483. The molecule has 0 amide bonds. The molecule has 0 aromatic heterocycles. The summed E-state index contributed by atoms with van der Waals surface area (Å²) in [6.07, 6.45) is 4.35. The van der Waals surface area contributed by atoms with Crippen molar-refractivity contribution in [2.24, 2.45) is 5.73 Å². The SMILES string of the molecule is CCCN1CCC2(CC1)C[C@@H](N)c1cc(Br)ccc1O2. The zero-order valence-electron chi connectivity index (χ0n) is 12.1. The molecular weight excluding hydrogens is 316 g/mol. The van der Waals surface area contributed by atoms with Gasteiger partial charge in [-0.2, -0.15) is 0 Å². The van der Waals surface area contributed by atoms with Crippen LogP contribution in [0, 0.1) is 0 Å². The third-order valence-electron chi connectivity index (χ3n) is 4.60. The molecule has 0 unspecified atom stereocenters. The van der Waals surface area contributed by atoms with E-state index in [0.29, 0.717) is 0 Å². The van der Waals surface area contributed by atoms with Crippen LogP contribution in [0.1, 0.15) is 44.2 Å². The zero-order chi connectivity index (χ0) is 14.2. The Morgan fingerprint density at radius 2 is 2.15 bits per heavy atom. The summed E-state index contributed by atoms with van der Waals surface area (Å²) in [5.41, 5.74) is 7.50. The summed E-state index contributed by atoms with van der Waals surface area (Å²) in [5, 5.41) is 0. The molecule has 2 aliphatic rings. The molecule has 0 saturated carbocycles. The van der Waals surface area contributed by atoms with Gasteiger partial charge in [0.2, 0.25) is 0 Å². The highest BCUT2D eigenvalue weighted by Gasteiger charge is 2.42. The molecule has 1 fully saturated rings. The molecule has 1 aromatic rings. The third-order valence-corrected chi connectivity index (χ3v) is 5.09. The van der Waals surface area contributed by atoms with Gasteiger partial charge in [0.05, 0.1) is 0 Å². The lowest BCUT2D eigenvalue weighted by Crippen LogP contribution is -2.51. The lowest BCUT2D eigenvalue weighted by atomic mass is 9.81. The second-order valence-electron chi connectivity index (χ2n) is 6.12. The number of likely N-dealkylation sites (tertiary alicyclic amines) is 1. The topological polar surface area (TPSA) is 38.5 Å². The van der Waals surface area contributed by atoms with Crippen molar-refractivity contribution in [2.45, 2.75) is 44.2 Å². The lowest BCUT2D eigenvalue weighted by Gasteiger charge is -2.46. The fourth-order valence-corrected chi connectivity index (χ4v) is 3.87. The van der Waals surface area contributed by atoms with Gasteiger partial charge in [-0.05, 0) is 44.0 Å². The van der Waals surface area contributed by atoms with Gasteiger partial charge in [-0.3, -0.25) is 0 Å². The molecule has 2 N–H and O–H groups in total. The molecule has 0 radical (unpaired) electrons. The Morgan fingerprint density at radius 1 is 1.40 bits per heavy atom. The van der Waals surface area contributed by atoms with Crippen LogP contribution in [0.2, 0.25) is 0 Å². The maximum atomic E-state index is 6.40. The molecule has 110 valence electrons. The van der Waals surface area contributed by atoms with Crippen molar-refractivity contribution in [3.8, 4) is 5.75 Å². The second kappa shape index (κ2) is 5.66. The number of fused-ring (bicyclic) bond motifs is 1. The fraction of sp³-hybridized carbons (Fsp3) is 0.625. The molecule has 4 heteroatoms. The van der Waals surface area contributed by atoms with E-state index in [-0.39, 0.29) is 11.6 Å². The summed E-state index contributed by atoms with van der Waals surface area (Å²) in [5.74, 6) is 0.982. The first-order valence-corrected chi connectivity index (χ1v) is 8.37. The maximum Gasteiger partial charge on any atom is 0.124 e. The third kappa shape index (κ3) is 2.74. The van der Waals surface area contributed by atoms with Gasteiger partial charge in [-0.25, -0.2) is 0 Å². The van der Waals surface area contributed by atoms with Crippen LogP contribution < -0.4 is 10.5 Å². The maximum absolute atomic E-state index is 6.40. The van der Waals surface area contributed by atoms with Gasteiger partial charge in [0.25, 0.3) is 0 Å². The molecule has 0 bridgehead atoms. The van der Waals surface area contributed by atoms with Gasteiger partial charge in [-0.15, -0.1) is 0 Å². The van der Waals surface area contributed by atoms with Crippen molar-refractivity contribution >= 4 is 15.9 Å².